The van der Waals surface area contributed by atoms with E-state index in [1.807, 2.05) is 6.08 Å². The van der Waals surface area contributed by atoms with Crippen molar-refractivity contribution in [2.45, 2.75) is 51.1 Å². The zero-order valence-electron chi connectivity index (χ0n) is 21.6. The van der Waals surface area contributed by atoms with Crippen LogP contribution >= 0.6 is 23.2 Å². The van der Waals surface area contributed by atoms with Crippen molar-refractivity contribution in [2.24, 2.45) is 11.3 Å². The van der Waals surface area contributed by atoms with Gasteiger partial charge in [-0.25, -0.2) is 8.78 Å². The van der Waals surface area contributed by atoms with Crippen molar-refractivity contribution < 1.29 is 13.6 Å². The molecule has 4 rings (SSSR count). The summed E-state index contributed by atoms with van der Waals surface area (Å²) in [5.74, 6) is 0.594. The summed E-state index contributed by atoms with van der Waals surface area (Å²) in [5.41, 5.74) is 3.04. The Morgan fingerprint density at radius 3 is 2.59 bits per heavy atom. The lowest BCUT2D eigenvalue weighted by molar-refractivity contribution is -0.126. The monoisotopic (exact) mass is 553 g/mol. The first-order valence-corrected chi connectivity index (χ1v) is 14.4. The number of nitrogens with zero attached hydrogens (tertiary/aromatic N) is 2. The van der Waals surface area contributed by atoms with Gasteiger partial charge in [-0.3, -0.25) is 9.69 Å². The zero-order chi connectivity index (χ0) is 26.4. The van der Waals surface area contributed by atoms with Gasteiger partial charge < -0.3 is 10.2 Å². The van der Waals surface area contributed by atoms with Crippen molar-refractivity contribution in [2.75, 3.05) is 51.7 Å². The lowest BCUT2D eigenvalue weighted by atomic mass is 9.74. The predicted molar refractivity (Wildman–Crippen MR) is 148 cm³/mol. The molecule has 3 aliphatic heterocycles. The number of carbonyl (C=O) groups excluding carboxylic acids is 1. The predicted octanol–water partition coefficient (Wildman–Crippen LogP) is 6.06. The molecule has 8 heteroatoms. The van der Waals surface area contributed by atoms with Crippen molar-refractivity contribution in [3.63, 3.8) is 0 Å². The fourth-order valence-electron chi connectivity index (χ4n) is 6.21. The van der Waals surface area contributed by atoms with Crippen LogP contribution in [0.1, 0.15) is 44.9 Å². The van der Waals surface area contributed by atoms with E-state index in [1.165, 1.54) is 11.6 Å². The van der Waals surface area contributed by atoms with Gasteiger partial charge in [-0.15, -0.1) is 11.6 Å². The lowest BCUT2D eigenvalue weighted by Gasteiger charge is -2.40. The Labute approximate surface area is 230 Å². The van der Waals surface area contributed by atoms with Crippen LogP contribution in [0, 0.1) is 11.3 Å². The van der Waals surface area contributed by atoms with E-state index >= 15 is 0 Å². The van der Waals surface area contributed by atoms with Gasteiger partial charge in [0.25, 0.3) is 0 Å². The highest BCUT2D eigenvalue weighted by Gasteiger charge is 2.42. The Hall–Kier alpha value is -1.47. The fourth-order valence-corrected chi connectivity index (χ4v) is 6.74. The summed E-state index contributed by atoms with van der Waals surface area (Å²) < 4.78 is 27.0. The van der Waals surface area contributed by atoms with Gasteiger partial charge in [0.05, 0.1) is 6.54 Å². The molecule has 0 saturated carbocycles. The minimum Gasteiger partial charge on any atom is -0.384 e. The molecule has 0 aromatic carbocycles. The SMILES string of the molecule is C=C/C(Cl)=C\C1=C(CCl)C2(CCN(CC(=O)C3CCN(CCCC4=CC(F)CC(F)=C4)CC3)CC2)CN1. The van der Waals surface area contributed by atoms with Crippen LogP contribution in [0.5, 0.6) is 0 Å². The largest absolute Gasteiger partial charge is 0.384 e. The van der Waals surface area contributed by atoms with E-state index in [-0.39, 0.29) is 23.6 Å². The van der Waals surface area contributed by atoms with Gasteiger partial charge in [0.2, 0.25) is 0 Å². The third kappa shape index (κ3) is 7.35. The molecule has 3 heterocycles. The molecule has 204 valence electrons. The second-order valence-corrected chi connectivity index (χ2v) is 11.6. The number of Topliss-reactive ketones (excluding diaryl/α,β-unsaturated/α-hetero) is 1. The summed E-state index contributed by atoms with van der Waals surface area (Å²) in [6, 6.07) is 0. The first kappa shape index (κ1) is 28.5. The number of rotatable bonds is 10. The first-order chi connectivity index (χ1) is 17.8. The topological polar surface area (TPSA) is 35.6 Å². The summed E-state index contributed by atoms with van der Waals surface area (Å²) in [4.78, 5) is 17.8. The fraction of sp³-hybridized carbons (Fsp3) is 0.621. The van der Waals surface area contributed by atoms with E-state index in [1.54, 1.807) is 12.2 Å². The molecule has 0 bridgehead atoms. The normalized spacial score (nSPS) is 25.7. The van der Waals surface area contributed by atoms with Crippen molar-refractivity contribution in [3.8, 4) is 0 Å². The molecule has 1 atom stereocenters. The molecule has 1 unspecified atom stereocenters. The van der Waals surface area contributed by atoms with Crippen LogP contribution in [-0.2, 0) is 4.79 Å². The van der Waals surface area contributed by atoms with Gasteiger partial charge >= 0.3 is 0 Å². The molecular weight excluding hydrogens is 515 g/mol. The van der Waals surface area contributed by atoms with E-state index in [0.717, 1.165) is 82.6 Å². The summed E-state index contributed by atoms with van der Waals surface area (Å²) in [5, 5.41) is 4.09. The maximum Gasteiger partial charge on any atom is 0.149 e. The molecule has 0 amide bonds. The summed E-state index contributed by atoms with van der Waals surface area (Å²) in [7, 11) is 0. The van der Waals surface area contributed by atoms with Gasteiger partial charge in [-0.05, 0) is 101 Å². The van der Waals surface area contributed by atoms with Crippen LogP contribution in [-0.4, -0.2) is 73.4 Å². The van der Waals surface area contributed by atoms with Crippen molar-refractivity contribution >= 4 is 29.0 Å². The minimum atomic E-state index is -1.20. The number of halogens is 4. The second kappa shape index (κ2) is 13.1. The molecule has 0 radical (unpaired) electrons. The van der Waals surface area contributed by atoms with Crippen LogP contribution in [0.3, 0.4) is 0 Å². The third-order valence-electron chi connectivity index (χ3n) is 8.50. The summed E-state index contributed by atoms with van der Waals surface area (Å²) >= 11 is 12.5. The highest BCUT2D eigenvalue weighted by molar-refractivity contribution is 6.31. The molecule has 0 aromatic rings. The average molecular weight is 555 g/mol. The molecule has 1 spiro atoms. The van der Waals surface area contributed by atoms with Gasteiger partial charge in [0.15, 0.2) is 0 Å². The molecule has 37 heavy (non-hydrogen) atoms. The zero-order valence-corrected chi connectivity index (χ0v) is 23.1. The van der Waals surface area contributed by atoms with Crippen LogP contribution in [0.4, 0.5) is 8.78 Å². The van der Waals surface area contributed by atoms with E-state index in [0.29, 0.717) is 29.7 Å². The van der Waals surface area contributed by atoms with Crippen molar-refractivity contribution in [1.82, 2.24) is 15.1 Å². The maximum absolute atomic E-state index is 13.5. The molecule has 0 aromatic heterocycles. The smallest absolute Gasteiger partial charge is 0.149 e. The minimum absolute atomic E-state index is 0.0388. The van der Waals surface area contributed by atoms with Gasteiger partial charge in [0.1, 0.15) is 17.8 Å². The van der Waals surface area contributed by atoms with E-state index in [9.17, 15) is 13.6 Å². The van der Waals surface area contributed by atoms with Crippen molar-refractivity contribution in [1.29, 1.82) is 0 Å². The Bertz CT molecular complexity index is 974. The van der Waals surface area contributed by atoms with Gasteiger partial charge in [-0.1, -0.05) is 24.3 Å². The number of carbonyl (C=O) groups is 1. The van der Waals surface area contributed by atoms with Crippen molar-refractivity contribution in [3.05, 3.63) is 58.6 Å². The third-order valence-corrected chi connectivity index (χ3v) is 9.03. The Morgan fingerprint density at radius 1 is 1.22 bits per heavy atom. The van der Waals surface area contributed by atoms with Gasteiger partial charge in [-0.2, -0.15) is 0 Å². The standard InChI is InChI=1S/C29H39Cl2F2N3O/c1-2-23(31)16-27-26(18-30)29(20-34-27)7-12-36(13-8-29)19-28(37)22-5-10-35(11-6-22)9-3-4-21-14-24(32)17-25(33)15-21/h2,14-16,22,24,34H,1,3-13,17-20H2/b23-16+. The highest BCUT2D eigenvalue weighted by Crippen LogP contribution is 2.44. The Morgan fingerprint density at radius 2 is 1.95 bits per heavy atom. The number of alkyl halides is 2. The summed E-state index contributed by atoms with van der Waals surface area (Å²) in [6.45, 7) is 9.62. The number of allylic oxidation sites excluding steroid dienone is 7. The summed E-state index contributed by atoms with van der Waals surface area (Å²) in [6.07, 6.45) is 10.6. The molecule has 2 saturated heterocycles. The van der Waals surface area contributed by atoms with E-state index in [4.69, 9.17) is 23.2 Å². The average Bonchev–Trinajstić information content (AvgIpc) is 3.21. The molecule has 4 nitrogen and oxygen atoms in total. The maximum atomic E-state index is 13.5. The highest BCUT2D eigenvalue weighted by atomic mass is 35.5. The number of nitrogens with one attached hydrogen (secondary N) is 1. The Balaban J connectivity index is 1.18. The number of ketones is 1. The lowest BCUT2D eigenvalue weighted by Crippen LogP contribution is -2.46. The number of piperidine rings is 2. The van der Waals surface area contributed by atoms with Crippen LogP contribution < -0.4 is 5.32 Å². The molecule has 4 aliphatic rings. The molecule has 1 aliphatic carbocycles. The van der Waals surface area contributed by atoms with Gasteiger partial charge in [0, 0.05) is 40.9 Å². The quantitative estimate of drug-likeness (QED) is 0.263. The van der Waals surface area contributed by atoms with Crippen LogP contribution in [0.15, 0.2) is 58.6 Å². The number of hydrogen-bond acceptors (Lipinski definition) is 4. The van der Waals surface area contributed by atoms with Crippen LogP contribution in [0.25, 0.3) is 0 Å². The number of likely N-dealkylation sites (tertiary alicyclic amines) is 2. The first-order valence-electron chi connectivity index (χ1n) is 13.5. The van der Waals surface area contributed by atoms with E-state index in [2.05, 4.69) is 21.7 Å². The second-order valence-electron chi connectivity index (χ2n) is 10.9. The molecular formula is C29H39Cl2F2N3O. The molecule has 1 N–H and O–H groups in total. The van der Waals surface area contributed by atoms with E-state index < -0.39 is 6.17 Å². The number of hydrogen-bond donors (Lipinski definition) is 1. The molecule has 2 fully saturated rings. The van der Waals surface area contributed by atoms with Crippen LogP contribution in [0.2, 0.25) is 0 Å². The Kier molecular flexibility index (Phi) is 10.1.